The van der Waals surface area contributed by atoms with Crippen LogP contribution in [0.15, 0.2) is 18.2 Å². The highest BCUT2D eigenvalue weighted by Gasteiger charge is 2.14. The van der Waals surface area contributed by atoms with Crippen molar-refractivity contribution in [3.05, 3.63) is 23.8 Å². The second-order valence-corrected chi connectivity index (χ2v) is 5.29. The van der Waals surface area contributed by atoms with Crippen molar-refractivity contribution < 1.29 is 9.53 Å². The van der Waals surface area contributed by atoms with E-state index in [1.807, 2.05) is 6.92 Å². The maximum Gasteiger partial charge on any atom is 0.251 e. The molecule has 1 aromatic carbocycles. The third-order valence-electron chi connectivity index (χ3n) is 3.45. The van der Waals surface area contributed by atoms with Gasteiger partial charge in [-0.15, -0.1) is 0 Å². The van der Waals surface area contributed by atoms with E-state index in [1.54, 1.807) is 18.2 Å². The number of hydrogen-bond donors (Lipinski definition) is 2. The van der Waals surface area contributed by atoms with E-state index in [0.717, 1.165) is 32.1 Å². The molecule has 21 heavy (non-hydrogen) atoms. The van der Waals surface area contributed by atoms with Crippen molar-refractivity contribution in [3.63, 3.8) is 0 Å². The summed E-state index contributed by atoms with van der Waals surface area (Å²) in [6.45, 7) is 6.77. The first-order valence-electron chi connectivity index (χ1n) is 7.95. The first kappa shape index (κ1) is 17.3. The summed E-state index contributed by atoms with van der Waals surface area (Å²) in [5.74, 6) is 0.574. The fourth-order valence-corrected chi connectivity index (χ4v) is 2.33. The number of anilines is 1. The lowest BCUT2D eigenvalue weighted by Crippen LogP contribution is -2.34. The molecule has 3 N–H and O–H groups in total. The lowest BCUT2D eigenvalue weighted by atomic mass is 10.0. The summed E-state index contributed by atoms with van der Waals surface area (Å²) in [7, 11) is 0. The van der Waals surface area contributed by atoms with Gasteiger partial charge in [-0.3, -0.25) is 4.79 Å². The number of nitrogens with one attached hydrogen (secondary N) is 1. The number of ether oxygens (including phenoxy) is 1. The summed E-state index contributed by atoms with van der Waals surface area (Å²) in [6.07, 6.45) is 5.39. The second-order valence-electron chi connectivity index (χ2n) is 5.29. The summed E-state index contributed by atoms with van der Waals surface area (Å²) in [4.78, 5) is 12.3. The van der Waals surface area contributed by atoms with Crippen LogP contribution < -0.4 is 15.8 Å². The van der Waals surface area contributed by atoms with Gasteiger partial charge in [0, 0.05) is 11.6 Å². The number of carbonyl (C=O) groups is 1. The van der Waals surface area contributed by atoms with E-state index < -0.39 is 0 Å². The molecule has 1 unspecified atom stereocenters. The molecule has 1 aromatic rings. The fourth-order valence-electron chi connectivity index (χ4n) is 2.33. The molecule has 4 heteroatoms. The topological polar surface area (TPSA) is 64.3 Å². The van der Waals surface area contributed by atoms with Crippen LogP contribution in [0.25, 0.3) is 0 Å². The highest BCUT2D eigenvalue weighted by atomic mass is 16.5. The van der Waals surface area contributed by atoms with Crippen molar-refractivity contribution in [2.45, 2.75) is 58.9 Å². The molecule has 0 radical (unpaired) electrons. The predicted octanol–water partition coefficient (Wildman–Crippen LogP) is 3.76. The number of rotatable bonds is 9. The average molecular weight is 292 g/mol. The molecule has 118 valence electrons. The van der Waals surface area contributed by atoms with Crippen LogP contribution in [0.1, 0.15) is 63.2 Å². The molecule has 0 aliphatic carbocycles. The third-order valence-corrected chi connectivity index (χ3v) is 3.45. The van der Waals surface area contributed by atoms with E-state index in [-0.39, 0.29) is 11.9 Å². The zero-order valence-corrected chi connectivity index (χ0v) is 13.4. The number of benzene rings is 1. The third kappa shape index (κ3) is 5.66. The van der Waals surface area contributed by atoms with Crippen LogP contribution in [0.2, 0.25) is 0 Å². The Morgan fingerprint density at radius 2 is 2.00 bits per heavy atom. The molecular formula is C17H28N2O2. The monoisotopic (exact) mass is 292 g/mol. The first-order valence-corrected chi connectivity index (χ1v) is 7.95. The molecule has 0 fully saturated rings. The minimum absolute atomic E-state index is 0.0562. The molecule has 0 saturated carbocycles. The van der Waals surface area contributed by atoms with Gasteiger partial charge in [-0.05, 0) is 38.0 Å². The maximum atomic E-state index is 12.3. The van der Waals surface area contributed by atoms with Gasteiger partial charge in [-0.2, -0.15) is 0 Å². The predicted molar refractivity (Wildman–Crippen MR) is 87.7 cm³/mol. The Bertz CT molecular complexity index is 446. The van der Waals surface area contributed by atoms with Crippen molar-refractivity contribution in [1.82, 2.24) is 5.32 Å². The SMILES string of the molecule is CCCCC(CCC)NC(=O)c1ccc(OCC)c(N)c1. The molecule has 0 aromatic heterocycles. The normalized spacial score (nSPS) is 12.0. The minimum atomic E-state index is -0.0562. The van der Waals surface area contributed by atoms with Gasteiger partial charge in [0.2, 0.25) is 0 Å². The van der Waals surface area contributed by atoms with Gasteiger partial charge in [0.1, 0.15) is 5.75 Å². The lowest BCUT2D eigenvalue weighted by Gasteiger charge is -2.18. The van der Waals surface area contributed by atoms with Crippen LogP contribution in [0.3, 0.4) is 0 Å². The number of unbranched alkanes of at least 4 members (excludes halogenated alkanes) is 1. The van der Waals surface area contributed by atoms with E-state index in [1.165, 1.54) is 0 Å². The highest BCUT2D eigenvalue weighted by Crippen LogP contribution is 2.22. The quantitative estimate of drug-likeness (QED) is 0.681. The van der Waals surface area contributed by atoms with Crippen molar-refractivity contribution >= 4 is 11.6 Å². The van der Waals surface area contributed by atoms with E-state index >= 15 is 0 Å². The Kier molecular flexibility index (Phi) is 7.65. The fraction of sp³-hybridized carbons (Fsp3) is 0.588. The van der Waals surface area contributed by atoms with Crippen LogP contribution in [0, 0.1) is 0 Å². The molecule has 4 nitrogen and oxygen atoms in total. The number of amides is 1. The second kappa shape index (κ2) is 9.27. The van der Waals surface area contributed by atoms with E-state index in [9.17, 15) is 4.79 Å². The van der Waals surface area contributed by atoms with Crippen LogP contribution in [-0.4, -0.2) is 18.6 Å². The Labute approximate surface area is 128 Å². The number of nitrogens with two attached hydrogens (primary N) is 1. The van der Waals surface area contributed by atoms with E-state index in [0.29, 0.717) is 23.6 Å². The zero-order chi connectivity index (χ0) is 15.7. The summed E-state index contributed by atoms with van der Waals surface area (Å²) in [5, 5.41) is 3.11. The van der Waals surface area contributed by atoms with E-state index in [2.05, 4.69) is 19.2 Å². The van der Waals surface area contributed by atoms with Crippen LogP contribution in [0.5, 0.6) is 5.75 Å². The largest absolute Gasteiger partial charge is 0.492 e. The first-order chi connectivity index (χ1) is 10.1. The summed E-state index contributed by atoms with van der Waals surface area (Å²) in [6, 6.07) is 5.45. The molecule has 0 aliphatic heterocycles. The number of nitrogen functional groups attached to an aromatic ring is 1. The van der Waals surface area contributed by atoms with Gasteiger partial charge in [-0.25, -0.2) is 0 Å². The average Bonchev–Trinajstić information content (AvgIpc) is 2.47. The summed E-state index contributed by atoms with van der Waals surface area (Å²) >= 11 is 0. The van der Waals surface area contributed by atoms with Crippen LogP contribution in [-0.2, 0) is 0 Å². The van der Waals surface area contributed by atoms with Crippen LogP contribution in [0.4, 0.5) is 5.69 Å². The molecular weight excluding hydrogens is 264 g/mol. The standard InChI is InChI=1S/C17H28N2O2/c1-4-7-9-14(8-5-2)19-17(20)13-10-11-16(21-6-3)15(18)12-13/h10-12,14H,4-9,18H2,1-3H3,(H,19,20). The Morgan fingerprint density at radius 1 is 1.24 bits per heavy atom. The zero-order valence-electron chi connectivity index (χ0n) is 13.4. The van der Waals surface area contributed by atoms with Crippen LogP contribution >= 0.6 is 0 Å². The molecule has 1 amide bonds. The van der Waals surface area contributed by atoms with Gasteiger partial charge in [0.15, 0.2) is 0 Å². The molecule has 0 bridgehead atoms. The van der Waals surface area contributed by atoms with Crippen molar-refractivity contribution in [3.8, 4) is 5.75 Å². The Hall–Kier alpha value is -1.71. The maximum absolute atomic E-state index is 12.3. The molecule has 0 spiro atoms. The molecule has 0 saturated heterocycles. The number of hydrogen-bond acceptors (Lipinski definition) is 3. The van der Waals surface area contributed by atoms with Gasteiger partial charge in [0.05, 0.1) is 12.3 Å². The van der Waals surface area contributed by atoms with Crippen molar-refractivity contribution in [2.75, 3.05) is 12.3 Å². The summed E-state index contributed by atoms with van der Waals surface area (Å²) < 4.78 is 5.39. The van der Waals surface area contributed by atoms with Gasteiger partial charge in [-0.1, -0.05) is 33.1 Å². The smallest absolute Gasteiger partial charge is 0.251 e. The van der Waals surface area contributed by atoms with Crippen molar-refractivity contribution in [1.29, 1.82) is 0 Å². The Balaban J connectivity index is 2.70. The summed E-state index contributed by atoms with van der Waals surface area (Å²) in [5.41, 5.74) is 7.01. The lowest BCUT2D eigenvalue weighted by molar-refractivity contribution is 0.0932. The van der Waals surface area contributed by atoms with Gasteiger partial charge < -0.3 is 15.8 Å². The number of carbonyl (C=O) groups excluding carboxylic acids is 1. The molecule has 1 rings (SSSR count). The van der Waals surface area contributed by atoms with Crippen molar-refractivity contribution in [2.24, 2.45) is 0 Å². The molecule has 0 heterocycles. The Morgan fingerprint density at radius 3 is 2.57 bits per heavy atom. The highest BCUT2D eigenvalue weighted by molar-refractivity contribution is 5.95. The molecule has 1 atom stereocenters. The van der Waals surface area contributed by atoms with Gasteiger partial charge >= 0.3 is 0 Å². The minimum Gasteiger partial charge on any atom is -0.492 e. The van der Waals surface area contributed by atoms with E-state index in [4.69, 9.17) is 10.5 Å². The molecule has 0 aliphatic rings. The van der Waals surface area contributed by atoms with Gasteiger partial charge in [0.25, 0.3) is 5.91 Å².